The molecule has 6 nitrogen and oxygen atoms in total. The average molecular weight is 1230 g/mol. The fraction of sp³-hybridized carbons (Fsp3) is 0.163. The summed E-state index contributed by atoms with van der Waals surface area (Å²) >= 11 is 0. The van der Waals surface area contributed by atoms with Crippen LogP contribution in [0.4, 0.5) is 42.9 Å². The van der Waals surface area contributed by atoms with Crippen molar-refractivity contribution in [3.8, 4) is 44.9 Å². The number of benzene rings is 12. The first-order valence-electron chi connectivity index (χ1n) is 32.7. The van der Waals surface area contributed by atoms with E-state index in [0.29, 0.717) is 13.2 Å². The van der Waals surface area contributed by atoms with Crippen LogP contribution in [0.15, 0.2) is 291 Å². The molecule has 2 fully saturated rings. The van der Waals surface area contributed by atoms with Crippen molar-refractivity contribution in [2.75, 3.05) is 49.4 Å². The highest BCUT2D eigenvalue weighted by Crippen LogP contribution is 2.60. The molecule has 12 aromatic carbocycles. The maximum Gasteiger partial charge on any atom is 0.123 e. The Balaban J connectivity index is 0.754. The lowest BCUT2D eigenvalue weighted by Crippen LogP contribution is -2.46. The normalized spacial score (nSPS) is 17.5. The molecule has 12 aromatic rings. The quantitative estimate of drug-likeness (QED) is 0.0804. The first-order chi connectivity index (χ1) is 46.2. The highest BCUT2D eigenvalue weighted by Gasteiger charge is 2.49. The monoisotopic (exact) mass is 1230 g/mol. The number of hydrogen-bond donors (Lipinski definition) is 0. The lowest BCUT2D eigenvalue weighted by atomic mass is 9.67. The van der Waals surface area contributed by atoms with Gasteiger partial charge in [0.05, 0.1) is 61.3 Å². The maximum absolute atomic E-state index is 14.9. The van der Waals surface area contributed by atoms with E-state index < -0.39 is 10.8 Å². The molecule has 2 heterocycles. The topological polar surface area (TPSA) is 43.4 Å². The molecule has 2 unspecified atom stereocenters. The number of anilines is 6. The predicted molar refractivity (Wildman–Crippen MR) is 374 cm³/mol. The Bertz CT molecular complexity index is 4400. The molecule has 0 aromatic heterocycles. The average Bonchev–Trinajstić information content (AvgIpc) is 1.54. The van der Waals surface area contributed by atoms with Crippen LogP contribution in [0.25, 0.3) is 33.4 Å². The van der Waals surface area contributed by atoms with Gasteiger partial charge in [0.1, 0.15) is 23.1 Å². The summed E-state index contributed by atoms with van der Waals surface area (Å²) in [5.41, 5.74) is 20.1. The van der Waals surface area contributed by atoms with E-state index >= 15 is 0 Å². The van der Waals surface area contributed by atoms with Gasteiger partial charge < -0.3 is 28.7 Å². The van der Waals surface area contributed by atoms with Crippen molar-refractivity contribution in [1.82, 2.24) is 0 Å². The van der Waals surface area contributed by atoms with E-state index in [-0.39, 0.29) is 22.5 Å². The van der Waals surface area contributed by atoms with Crippen molar-refractivity contribution in [2.24, 2.45) is 10.8 Å². The molecule has 0 saturated carbocycles. The second-order valence-electron chi connectivity index (χ2n) is 25.8. The minimum absolute atomic E-state index is 0.0531. The number of nitrogens with zero attached hydrogens (tertiary/aromatic N) is 2. The summed E-state index contributed by atoms with van der Waals surface area (Å²) in [4.78, 5) is 4.44. The third-order valence-corrected chi connectivity index (χ3v) is 20.5. The number of rotatable bonds is 19. The van der Waals surface area contributed by atoms with E-state index in [2.05, 4.69) is 266 Å². The predicted octanol–water partition coefficient (Wildman–Crippen LogP) is 20.9. The Morgan fingerprint density at radius 2 is 0.628 bits per heavy atom. The number of halogens is 2. The van der Waals surface area contributed by atoms with Crippen molar-refractivity contribution in [2.45, 2.75) is 37.5 Å². The second-order valence-corrected chi connectivity index (χ2v) is 25.8. The van der Waals surface area contributed by atoms with Gasteiger partial charge in [0.2, 0.25) is 0 Å². The third kappa shape index (κ3) is 9.89. The molecule has 2 saturated heterocycles. The van der Waals surface area contributed by atoms with Crippen molar-refractivity contribution >= 4 is 34.1 Å². The van der Waals surface area contributed by atoms with Crippen molar-refractivity contribution in [3.63, 3.8) is 0 Å². The molecule has 2 aliphatic carbocycles. The second kappa shape index (κ2) is 23.9. The summed E-state index contributed by atoms with van der Waals surface area (Å²) in [5.74, 6) is 1.06. The van der Waals surface area contributed by atoms with E-state index in [1.165, 1.54) is 46.5 Å². The first kappa shape index (κ1) is 58.7. The molecular formula is C86H70F2N2O4. The Morgan fingerprint density at radius 1 is 0.319 bits per heavy atom. The Hall–Kier alpha value is -10.4. The Kier molecular flexibility index (Phi) is 14.9. The lowest BCUT2D eigenvalue weighted by molar-refractivity contribution is -0.133. The van der Waals surface area contributed by atoms with Gasteiger partial charge >= 0.3 is 0 Å². The van der Waals surface area contributed by atoms with Crippen LogP contribution >= 0.6 is 0 Å². The van der Waals surface area contributed by atoms with Crippen LogP contribution in [0.3, 0.4) is 0 Å². The van der Waals surface area contributed by atoms with Crippen molar-refractivity contribution in [3.05, 3.63) is 347 Å². The van der Waals surface area contributed by atoms with Crippen LogP contribution in [-0.4, -0.2) is 39.6 Å². The van der Waals surface area contributed by atoms with E-state index in [1.54, 1.807) is 0 Å². The van der Waals surface area contributed by atoms with Gasteiger partial charge in [-0.2, -0.15) is 0 Å². The minimum Gasteiger partial charge on any atom is -0.493 e. The van der Waals surface area contributed by atoms with Crippen LogP contribution in [0.1, 0.15) is 71.2 Å². The van der Waals surface area contributed by atoms with Gasteiger partial charge in [-0.25, -0.2) is 8.78 Å². The molecule has 2 aliphatic heterocycles. The summed E-state index contributed by atoms with van der Waals surface area (Å²) in [6, 6.07) is 101. The van der Waals surface area contributed by atoms with Crippen LogP contribution < -0.4 is 19.3 Å². The molecule has 94 heavy (non-hydrogen) atoms. The van der Waals surface area contributed by atoms with Gasteiger partial charge in [0.15, 0.2) is 0 Å². The first-order valence-corrected chi connectivity index (χ1v) is 32.7. The molecule has 8 heteroatoms. The van der Waals surface area contributed by atoms with Gasteiger partial charge in [-0.05, 0) is 212 Å². The molecule has 462 valence electrons. The molecule has 16 rings (SSSR count). The zero-order valence-corrected chi connectivity index (χ0v) is 52.7. The molecule has 0 radical (unpaired) electrons. The van der Waals surface area contributed by atoms with E-state index in [1.807, 2.05) is 24.3 Å². The fourth-order valence-electron chi connectivity index (χ4n) is 15.1. The van der Waals surface area contributed by atoms with Gasteiger partial charge in [-0.15, -0.1) is 0 Å². The largest absolute Gasteiger partial charge is 0.493 e. The zero-order valence-electron chi connectivity index (χ0n) is 52.7. The highest BCUT2D eigenvalue weighted by atomic mass is 19.1. The standard InChI is InChI=1S/C86H70F2N2O4/c1-3-83(53-91-54-83)57-93-73-45-27-63(28-46-73)85(61-15-7-5-8-16-61)79-21-13-11-19-75(79)77-49-43-71(51-81(77)85)89(69-39-31-65(87)32-40-69)67-35-23-59(24-36-67)60-25-37-68(38-26-60)90(70-41-33-66(88)34-42-70)72-44-50-78-76-20-12-14-22-80(76)86(82(78)52-72,62-17-9-6-10-18-62)64-29-47-74(48-30-64)94-58-84(4-2)55-92-56-84/h5-52H,3-4,53-58H2,1-2H3. The molecular weight excluding hydrogens is 1160 g/mol. The molecule has 0 amide bonds. The summed E-state index contributed by atoms with van der Waals surface area (Å²) in [5, 5.41) is 0. The van der Waals surface area contributed by atoms with Crippen molar-refractivity contribution in [1.29, 1.82) is 0 Å². The van der Waals surface area contributed by atoms with Crippen molar-refractivity contribution < 1.29 is 27.7 Å². The summed E-state index contributed by atoms with van der Waals surface area (Å²) in [6.07, 6.45) is 2.01. The van der Waals surface area contributed by atoms with Crippen LogP contribution in [-0.2, 0) is 20.3 Å². The summed E-state index contributed by atoms with van der Waals surface area (Å²) in [7, 11) is 0. The molecule has 0 bridgehead atoms. The Morgan fingerprint density at radius 3 is 0.968 bits per heavy atom. The highest BCUT2D eigenvalue weighted by molar-refractivity contribution is 5.92. The molecule has 2 atom stereocenters. The van der Waals surface area contributed by atoms with Gasteiger partial charge in [-0.3, -0.25) is 0 Å². The number of ether oxygens (including phenoxy) is 4. The van der Waals surface area contributed by atoms with Crippen LogP contribution in [0, 0.1) is 22.5 Å². The van der Waals surface area contributed by atoms with E-state index in [4.69, 9.17) is 18.9 Å². The van der Waals surface area contributed by atoms with Gasteiger partial charge in [0.25, 0.3) is 0 Å². The van der Waals surface area contributed by atoms with Gasteiger partial charge in [0, 0.05) is 34.1 Å². The lowest BCUT2D eigenvalue weighted by Gasteiger charge is -2.40. The smallest absolute Gasteiger partial charge is 0.123 e. The van der Waals surface area contributed by atoms with E-state index in [0.717, 1.165) is 141 Å². The molecule has 4 aliphatic rings. The fourth-order valence-corrected chi connectivity index (χ4v) is 15.1. The van der Waals surface area contributed by atoms with E-state index in [9.17, 15) is 8.78 Å². The summed E-state index contributed by atoms with van der Waals surface area (Å²) < 4.78 is 54.1. The molecule has 0 spiro atoms. The minimum atomic E-state index is -0.684. The third-order valence-electron chi connectivity index (χ3n) is 20.5. The van der Waals surface area contributed by atoms with Crippen LogP contribution in [0.2, 0.25) is 0 Å². The number of hydrogen-bond acceptors (Lipinski definition) is 6. The summed E-state index contributed by atoms with van der Waals surface area (Å²) in [6.45, 7) is 8.52. The number of fused-ring (bicyclic) bond motifs is 6. The van der Waals surface area contributed by atoms with Crippen LogP contribution in [0.5, 0.6) is 11.5 Å². The zero-order chi connectivity index (χ0) is 63.4. The SMILES string of the molecule is CCC1(COc2ccc(C3(c4ccccc4)c4ccccc4-c4ccc(N(c5ccc(F)cc5)c5ccc(-c6ccc(N(c7ccc(F)cc7)c7ccc8c(c7)C(c7ccccc7)(c7ccc(OCC9(CC)COC9)cc7)c7ccccc7-8)cc6)cc5)cc43)cc2)COC1. The Labute approximate surface area is 548 Å². The molecule has 0 N–H and O–H groups in total. The maximum atomic E-state index is 14.9. The van der Waals surface area contributed by atoms with Gasteiger partial charge in [-0.1, -0.05) is 184 Å².